The first-order chi connectivity index (χ1) is 4.50. The van der Waals surface area contributed by atoms with Crippen molar-refractivity contribution in [1.29, 1.82) is 0 Å². The summed E-state index contributed by atoms with van der Waals surface area (Å²) in [6, 6.07) is 1.54. The van der Waals surface area contributed by atoms with Crippen LogP contribution in [0.2, 0.25) is 0 Å². The number of thiophene rings is 1. The molecule has 6 heteroatoms. The molecule has 0 bridgehead atoms. The van der Waals surface area contributed by atoms with Crippen molar-refractivity contribution in [2.24, 2.45) is 5.14 Å². The van der Waals surface area contributed by atoms with Crippen LogP contribution >= 0.6 is 33.9 Å². The summed E-state index contributed by atoms with van der Waals surface area (Å²) in [5.74, 6) is 0. The molecule has 0 aromatic carbocycles. The lowest BCUT2D eigenvalue weighted by molar-refractivity contribution is 0.598. The first-order valence-corrected chi connectivity index (χ1v) is 5.77. The zero-order chi connectivity index (χ0) is 7.78. The van der Waals surface area contributed by atoms with E-state index in [2.05, 4.69) is 0 Å². The van der Waals surface area contributed by atoms with E-state index in [1.807, 2.05) is 22.6 Å². The lowest BCUT2D eigenvalue weighted by Crippen LogP contribution is -2.10. The lowest BCUT2D eigenvalue weighted by atomic mass is 10.7. The summed E-state index contributed by atoms with van der Waals surface area (Å²) in [6.45, 7) is 0. The van der Waals surface area contributed by atoms with E-state index < -0.39 is 10.0 Å². The smallest absolute Gasteiger partial charge is 0.225 e. The van der Waals surface area contributed by atoms with Crippen LogP contribution in [0.15, 0.2) is 16.3 Å². The Hall–Kier alpha value is 0.340. The Labute approximate surface area is 76.4 Å². The van der Waals surface area contributed by atoms with Crippen molar-refractivity contribution >= 4 is 44.0 Å². The standard InChI is InChI=1S/C4H4INO2S2/c5-4-1-3(2-9-4)10(6,7)8/h1-2H,(H2,6,7,8). The molecule has 0 unspecified atom stereocenters. The molecule has 0 aliphatic carbocycles. The van der Waals surface area contributed by atoms with Crippen molar-refractivity contribution in [3.05, 3.63) is 14.3 Å². The molecular weight excluding hydrogens is 285 g/mol. The van der Waals surface area contributed by atoms with Crippen LogP contribution in [0.3, 0.4) is 0 Å². The zero-order valence-corrected chi connectivity index (χ0v) is 8.53. The molecule has 0 saturated carbocycles. The summed E-state index contributed by atoms with van der Waals surface area (Å²) in [5, 5.41) is 6.37. The second-order valence-electron chi connectivity index (χ2n) is 1.63. The minimum absolute atomic E-state index is 0.196. The lowest BCUT2D eigenvalue weighted by Gasteiger charge is -1.87. The molecule has 0 saturated heterocycles. The number of primary sulfonamides is 1. The van der Waals surface area contributed by atoms with Crippen molar-refractivity contribution in [3.63, 3.8) is 0 Å². The highest BCUT2D eigenvalue weighted by molar-refractivity contribution is 14.1. The molecule has 0 radical (unpaired) electrons. The van der Waals surface area contributed by atoms with Crippen molar-refractivity contribution in [2.75, 3.05) is 0 Å². The van der Waals surface area contributed by atoms with Crippen molar-refractivity contribution in [1.82, 2.24) is 0 Å². The molecule has 0 aliphatic rings. The van der Waals surface area contributed by atoms with Gasteiger partial charge >= 0.3 is 0 Å². The molecular formula is C4H4INO2S2. The van der Waals surface area contributed by atoms with E-state index in [0.717, 1.165) is 2.88 Å². The first kappa shape index (κ1) is 8.44. The largest absolute Gasteiger partial charge is 0.238 e. The van der Waals surface area contributed by atoms with Gasteiger partial charge in [-0.05, 0) is 28.7 Å². The topological polar surface area (TPSA) is 60.2 Å². The van der Waals surface area contributed by atoms with E-state index in [9.17, 15) is 8.42 Å². The second kappa shape index (κ2) is 2.76. The molecule has 3 nitrogen and oxygen atoms in total. The molecule has 0 aliphatic heterocycles. The van der Waals surface area contributed by atoms with Crippen LogP contribution in [0.25, 0.3) is 0 Å². The number of hydrogen-bond acceptors (Lipinski definition) is 3. The molecule has 1 heterocycles. The van der Waals surface area contributed by atoms with E-state index >= 15 is 0 Å². The van der Waals surface area contributed by atoms with E-state index in [-0.39, 0.29) is 4.90 Å². The highest BCUT2D eigenvalue weighted by atomic mass is 127. The van der Waals surface area contributed by atoms with Crippen molar-refractivity contribution < 1.29 is 8.42 Å². The fraction of sp³-hybridized carbons (Fsp3) is 0. The fourth-order valence-corrected chi connectivity index (χ4v) is 2.90. The van der Waals surface area contributed by atoms with Crippen molar-refractivity contribution in [2.45, 2.75) is 4.90 Å². The SMILES string of the molecule is NS(=O)(=O)c1csc(I)c1. The fourth-order valence-electron chi connectivity index (χ4n) is 0.443. The molecule has 1 aromatic heterocycles. The van der Waals surface area contributed by atoms with Gasteiger partial charge in [0.25, 0.3) is 0 Å². The zero-order valence-electron chi connectivity index (χ0n) is 4.74. The normalized spacial score (nSPS) is 11.8. The Balaban J connectivity index is 3.21. The Morgan fingerprint density at radius 3 is 2.40 bits per heavy atom. The molecule has 2 N–H and O–H groups in total. The molecule has 0 atom stereocenters. The van der Waals surface area contributed by atoms with Crippen LogP contribution in [-0.4, -0.2) is 8.42 Å². The van der Waals surface area contributed by atoms with Gasteiger partial charge in [-0.25, -0.2) is 13.6 Å². The Morgan fingerprint density at radius 1 is 1.60 bits per heavy atom. The third-order valence-corrected chi connectivity index (χ3v) is 3.70. The number of sulfonamides is 1. The third-order valence-electron chi connectivity index (χ3n) is 0.872. The Bertz CT molecular complexity index is 329. The Morgan fingerprint density at radius 2 is 2.20 bits per heavy atom. The van der Waals surface area contributed by atoms with Gasteiger partial charge in [0, 0.05) is 5.38 Å². The maximum Gasteiger partial charge on any atom is 0.238 e. The maximum absolute atomic E-state index is 10.6. The van der Waals surface area contributed by atoms with Crippen LogP contribution in [0.4, 0.5) is 0 Å². The summed E-state index contributed by atoms with van der Waals surface area (Å²) in [5.41, 5.74) is 0. The van der Waals surface area contributed by atoms with E-state index in [4.69, 9.17) is 5.14 Å². The van der Waals surface area contributed by atoms with Gasteiger partial charge in [0.1, 0.15) is 0 Å². The number of nitrogens with two attached hydrogens (primary N) is 1. The molecule has 1 rings (SSSR count). The van der Waals surface area contributed by atoms with E-state index in [1.165, 1.54) is 16.7 Å². The highest BCUT2D eigenvalue weighted by Crippen LogP contribution is 2.19. The van der Waals surface area contributed by atoms with Gasteiger partial charge in [-0.2, -0.15) is 0 Å². The highest BCUT2D eigenvalue weighted by Gasteiger charge is 2.08. The van der Waals surface area contributed by atoms with Crippen molar-refractivity contribution in [3.8, 4) is 0 Å². The predicted molar refractivity (Wildman–Crippen MR) is 48.4 cm³/mol. The van der Waals surface area contributed by atoms with E-state index in [1.54, 1.807) is 6.07 Å². The van der Waals surface area contributed by atoms with Gasteiger partial charge in [-0.15, -0.1) is 11.3 Å². The molecule has 1 aromatic rings. The minimum atomic E-state index is -3.48. The van der Waals surface area contributed by atoms with Gasteiger partial charge in [-0.1, -0.05) is 0 Å². The average Bonchev–Trinajstić information content (AvgIpc) is 2.11. The minimum Gasteiger partial charge on any atom is -0.225 e. The molecule has 10 heavy (non-hydrogen) atoms. The van der Waals surface area contributed by atoms with Crippen LogP contribution in [0.1, 0.15) is 0 Å². The number of hydrogen-bond donors (Lipinski definition) is 1. The van der Waals surface area contributed by atoms with Gasteiger partial charge in [0.05, 0.1) is 7.78 Å². The summed E-state index contributed by atoms with van der Waals surface area (Å²) in [7, 11) is -3.48. The quantitative estimate of drug-likeness (QED) is 0.784. The molecule has 56 valence electrons. The number of rotatable bonds is 1. The van der Waals surface area contributed by atoms with Crippen LogP contribution in [-0.2, 0) is 10.0 Å². The summed E-state index contributed by atoms with van der Waals surface area (Å²) in [6.07, 6.45) is 0. The second-order valence-corrected chi connectivity index (χ2v) is 6.00. The number of halogens is 1. The molecule has 0 spiro atoms. The Kier molecular flexibility index (Phi) is 2.33. The van der Waals surface area contributed by atoms with E-state index in [0.29, 0.717) is 0 Å². The first-order valence-electron chi connectivity index (χ1n) is 2.27. The monoisotopic (exact) mass is 289 g/mol. The van der Waals surface area contributed by atoms with Gasteiger partial charge in [0.2, 0.25) is 10.0 Å². The maximum atomic E-state index is 10.6. The van der Waals surface area contributed by atoms with Crippen LogP contribution < -0.4 is 5.14 Å². The van der Waals surface area contributed by atoms with Gasteiger partial charge < -0.3 is 0 Å². The predicted octanol–water partition coefficient (Wildman–Crippen LogP) is 1.00. The average molecular weight is 289 g/mol. The summed E-state index contributed by atoms with van der Waals surface area (Å²) < 4.78 is 22.2. The molecule has 0 amide bonds. The van der Waals surface area contributed by atoms with Crippen LogP contribution in [0, 0.1) is 2.88 Å². The third kappa shape index (κ3) is 1.91. The van der Waals surface area contributed by atoms with Gasteiger partial charge in [0.15, 0.2) is 0 Å². The van der Waals surface area contributed by atoms with Gasteiger partial charge in [-0.3, -0.25) is 0 Å². The summed E-state index contributed by atoms with van der Waals surface area (Å²) >= 11 is 3.40. The summed E-state index contributed by atoms with van der Waals surface area (Å²) in [4.78, 5) is 0.196. The van der Waals surface area contributed by atoms with Crippen LogP contribution in [0.5, 0.6) is 0 Å². The molecule has 0 fully saturated rings.